The molecule has 2 N–H and O–H groups in total. The van der Waals surface area contributed by atoms with Crippen LogP contribution in [0.5, 0.6) is 0 Å². The third-order valence-corrected chi connectivity index (χ3v) is 7.64. The maximum atomic E-state index is 12.8. The molecule has 4 rings (SSSR count). The van der Waals surface area contributed by atoms with Gasteiger partial charge in [-0.25, -0.2) is 13.1 Å². The Morgan fingerprint density at radius 2 is 1.91 bits per heavy atom. The Bertz CT molecular complexity index is 980. The second-order valence-corrected chi connectivity index (χ2v) is 10.3. The predicted octanol–water partition coefficient (Wildman–Crippen LogP) is 4.49. The standard InChI is InChI=1S/C23H30N2O6S/c26-22(27)9-4-2-1-3-8-21-18-10-12-19(13-11-18)23(21)24-32(30,31)15-14-17-6-5-7-20(16-17)25(28)29/h1,3,5-7,14-16,18-19,21,23-24H,2,4,8-13H2,(H,26,27). The molecule has 0 radical (unpaired) electrons. The van der Waals surface area contributed by atoms with Crippen LogP contribution in [0.15, 0.2) is 41.8 Å². The van der Waals surface area contributed by atoms with E-state index in [1.807, 2.05) is 6.08 Å². The van der Waals surface area contributed by atoms with Crippen molar-refractivity contribution < 1.29 is 23.2 Å². The zero-order chi connectivity index (χ0) is 23.1. The van der Waals surface area contributed by atoms with Crippen LogP contribution in [-0.4, -0.2) is 30.5 Å². The monoisotopic (exact) mass is 462 g/mol. The number of nitro groups is 1. The van der Waals surface area contributed by atoms with Crippen LogP contribution in [0.3, 0.4) is 0 Å². The fraction of sp³-hybridized carbons (Fsp3) is 0.522. The lowest BCUT2D eigenvalue weighted by molar-refractivity contribution is -0.384. The van der Waals surface area contributed by atoms with Crippen LogP contribution in [0.4, 0.5) is 5.69 Å². The number of nitrogens with one attached hydrogen (secondary N) is 1. The number of allylic oxidation sites excluding steroid dienone is 2. The highest BCUT2D eigenvalue weighted by molar-refractivity contribution is 7.92. The maximum Gasteiger partial charge on any atom is 0.303 e. The van der Waals surface area contributed by atoms with E-state index in [-0.39, 0.29) is 24.1 Å². The molecule has 2 bridgehead atoms. The molecule has 2 atom stereocenters. The molecule has 0 aromatic heterocycles. The Labute approximate surface area is 188 Å². The molecule has 9 heteroatoms. The smallest absolute Gasteiger partial charge is 0.303 e. The molecule has 174 valence electrons. The number of aliphatic carboxylic acids is 1. The van der Waals surface area contributed by atoms with Crippen LogP contribution in [0, 0.1) is 27.9 Å². The Balaban J connectivity index is 1.64. The second kappa shape index (κ2) is 10.9. The first-order chi connectivity index (χ1) is 15.2. The van der Waals surface area contributed by atoms with Crippen LogP contribution in [0.1, 0.15) is 56.9 Å². The first kappa shape index (κ1) is 24.1. The van der Waals surface area contributed by atoms with Gasteiger partial charge in [0, 0.05) is 30.0 Å². The highest BCUT2D eigenvalue weighted by Crippen LogP contribution is 2.47. The molecular weight excluding hydrogens is 432 g/mol. The lowest BCUT2D eigenvalue weighted by Crippen LogP contribution is -2.52. The number of non-ortho nitro benzene ring substituents is 1. The van der Waals surface area contributed by atoms with Crippen molar-refractivity contribution in [1.82, 2.24) is 4.72 Å². The molecule has 32 heavy (non-hydrogen) atoms. The summed E-state index contributed by atoms with van der Waals surface area (Å²) in [6.07, 6.45) is 11.9. The second-order valence-electron chi connectivity index (χ2n) is 8.68. The summed E-state index contributed by atoms with van der Waals surface area (Å²) in [6.45, 7) is 0. The summed E-state index contributed by atoms with van der Waals surface area (Å²) in [6, 6.07) is 5.72. The van der Waals surface area contributed by atoms with Gasteiger partial charge in [0.15, 0.2) is 0 Å². The minimum atomic E-state index is -3.71. The third kappa shape index (κ3) is 6.74. The first-order valence-electron chi connectivity index (χ1n) is 11.1. The topological polar surface area (TPSA) is 127 Å². The van der Waals surface area contributed by atoms with Crippen molar-refractivity contribution in [1.29, 1.82) is 0 Å². The van der Waals surface area contributed by atoms with Gasteiger partial charge in [-0.3, -0.25) is 14.9 Å². The van der Waals surface area contributed by atoms with Crippen molar-refractivity contribution in [2.75, 3.05) is 0 Å². The normalized spacial score (nSPS) is 25.5. The highest BCUT2D eigenvalue weighted by Gasteiger charge is 2.44. The lowest BCUT2D eigenvalue weighted by Gasteiger charge is -2.48. The van der Waals surface area contributed by atoms with E-state index in [1.165, 1.54) is 24.3 Å². The van der Waals surface area contributed by atoms with Crippen molar-refractivity contribution in [3.63, 3.8) is 0 Å². The Kier molecular flexibility index (Phi) is 8.20. The fourth-order valence-corrected chi connectivity index (χ4v) is 6.14. The fourth-order valence-electron chi connectivity index (χ4n) is 4.98. The van der Waals surface area contributed by atoms with E-state index in [0.717, 1.165) is 37.5 Å². The molecule has 0 aliphatic heterocycles. The summed E-state index contributed by atoms with van der Waals surface area (Å²) in [5, 5.41) is 20.7. The van der Waals surface area contributed by atoms with E-state index in [1.54, 1.807) is 6.07 Å². The molecule has 0 heterocycles. The predicted molar refractivity (Wildman–Crippen MR) is 122 cm³/mol. The van der Waals surface area contributed by atoms with Crippen LogP contribution < -0.4 is 4.72 Å². The maximum absolute atomic E-state index is 12.8. The molecule has 3 saturated carbocycles. The van der Waals surface area contributed by atoms with Gasteiger partial charge in [0.05, 0.1) is 4.92 Å². The zero-order valence-corrected chi connectivity index (χ0v) is 18.7. The van der Waals surface area contributed by atoms with Crippen LogP contribution in [-0.2, 0) is 14.8 Å². The van der Waals surface area contributed by atoms with Gasteiger partial charge in [0.25, 0.3) is 5.69 Å². The number of unbranched alkanes of at least 4 members (excludes halogenated alkanes) is 1. The van der Waals surface area contributed by atoms with Crippen LogP contribution in [0.2, 0.25) is 0 Å². The Morgan fingerprint density at radius 3 is 2.59 bits per heavy atom. The van der Waals surface area contributed by atoms with E-state index in [2.05, 4.69) is 10.8 Å². The summed E-state index contributed by atoms with van der Waals surface area (Å²) in [5.74, 6) is 0.221. The van der Waals surface area contributed by atoms with E-state index < -0.39 is 20.9 Å². The number of hydrogen-bond acceptors (Lipinski definition) is 5. The van der Waals surface area contributed by atoms with Crippen molar-refractivity contribution in [2.24, 2.45) is 17.8 Å². The van der Waals surface area contributed by atoms with Gasteiger partial charge in [-0.1, -0.05) is 24.3 Å². The molecule has 3 aliphatic carbocycles. The quantitative estimate of drug-likeness (QED) is 0.216. The molecule has 0 amide bonds. The molecule has 0 spiro atoms. The number of carboxylic acids is 1. The number of nitro benzene ring substituents is 1. The number of carboxylic acid groups (broad SMARTS) is 1. The molecule has 8 nitrogen and oxygen atoms in total. The third-order valence-electron chi connectivity index (χ3n) is 6.55. The molecule has 1 aromatic carbocycles. The Morgan fingerprint density at radius 1 is 1.19 bits per heavy atom. The number of carbonyl (C=O) groups is 1. The van der Waals surface area contributed by atoms with Crippen molar-refractivity contribution in [3.05, 3.63) is 57.5 Å². The zero-order valence-electron chi connectivity index (χ0n) is 17.9. The van der Waals surface area contributed by atoms with Crippen molar-refractivity contribution in [2.45, 2.75) is 57.4 Å². The van der Waals surface area contributed by atoms with E-state index in [0.29, 0.717) is 30.2 Å². The number of fused-ring (bicyclic) bond motifs is 3. The van der Waals surface area contributed by atoms with Gasteiger partial charge in [-0.2, -0.15) is 0 Å². The average Bonchev–Trinajstić information content (AvgIpc) is 2.76. The summed E-state index contributed by atoms with van der Waals surface area (Å²) >= 11 is 0. The van der Waals surface area contributed by atoms with E-state index in [4.69, 9.17) is 5.11 Å². The number of hydrogen-bond donors (Lipinski definition) is 2. The van der Waals surface area contributed by atoms with Crippen LogP contribution in [0.25, 0.3) is 6.08 Å². The van der Waals surface area contributed by atoms with Gasteiger partial charge in [0.1, 0.15) is 0 Å². The van der Waals surface area contributed by atoms with Gasteiger partial charge < -0.3 is 5.11 Å². The molecule has 0 saturated heterocycles. The Hall–Kier alpha value is -2.52. The number of rotatable bonds is 11. The summed E-state index contributed by atoms with van der Waals surface area (Å²) in [5.41, 5.74) is 0.368. The SMILES string of the molecule is O=C(O)CCCC=CCC1C2CCC(CC2)C1NS(=O)(=O)C=Cc1cccc([N+](=O)[O-])c1. The summed E-state index contributed by atoms with van der Waals surface area (Å²) in [7, 11) is -3.71. The number of nitrogens with zero attached hydrogens (tertiary/aromatic N) is 1. The van der Waals surface area contributed by atoms with Gasteiger partial charge in [-0.15, -0.1) is 0 Å². The van der Waals surface area contributed by atoms with Gasteiger partial charge >= 0.3 is 5.97 Å². The molecule has 3 fully saturated rings. The minimum absolute atomic E-state index is 0.0858. The van der Waals surface area contributed by atoms with Crippen molar-refractivity contribution in [3.8, 4) is 0 Å². The van der Waals surface area contributed by atoms with E-state index >= 15 is 0 Å². The summed E-state index contributed by atoms with van der Waals surface area (Å²) in [4.78, 5) is 21.0. The van der Waals surface area contributed by atoms with Crippen molar-refractivity contribution >= 4 is 27.8 Å². The van der Waals surface area contributed by atoms with Gasteiger partial charge in [-0.05, 0) is 74.3 Å². The largest absolute Gasteiger partial charge is 0.481 e. The first-order valence-corrected chi connectivity index (χ1v) is 12.6. The van der Waals surface area contributed by atoms with E-state index in [9.17, 15) is 23.3 Å². The average molecular weight is 463 g/mol. The molecule has 2 unspecified atom stereocenters. The molecule has 3 aliphatic rings. The van der Waals surface area contributed by atoms with Crippen LogP contribution >= 0.6 is 0 Å². The highest BCUT2D eigenvalue weighted by atomic mass is 32.2. The summed E-state index contributed by atoms with van der Waals surface area (Å²) < 4.78 is 28.5. The minimum Gasteiger partial charge on any atom is -0.481 e. The molecular formula is C23H30N2O6S. The lowest BCUT2D eigenvalue weighted by atomic mass is 9.61. The van der Waals surface area contributed by atoms with Gasteiger partial charge in [0.2, 0.25) is 10.0 Å². The number of sulfonamides is 1. The molecule has 1 aromatic rings. The number of benzene rings is 1.